The Bertz CT molecular complexity index is 479. The minimum absolute atomic E-state index is 0.115. The Morgan fingerprint density at radius 2 is 1.76 bits per heavy atom. The Kier molecular flexibility index (Phi) is 3.28. The summed E-state index contributed by atoms with van der Waals surface area (Å²) in [6.45, 7) is 1.86. The lowest BCUT2D eigenvalue weighted by Gasteiger charge is -2.16. The van der Waals surface area contributed by atoms with Crippen LogP contribution in [0, 0.1) is 5.82 Å². The van der Waals surface area contributed by atoms with Gasteiger partial charge in [0.05, 0.1) is 5.69 Å². The highest BCUT2D eigenvalue weighted by Crippen LogP contribution is 2.29. The van der Waals surface area contributed by atoms with Gasteiger partial charge < -0.3 is 10.5 Å². The van der Waals surface area contributed by atoms with Crippen LogP contribution < -0.4 is 10.5 Å². The van der Waals surface area contributed by atoms with Crippen molar-refractivity contribution in [2.45, 2.75) is 13.0 Å². The van der Waals surface area contributed by atoms with E-state index in [2.05, 4.69) is 0 Å². The van der Waals surface area contributed by atoms with E-state index in [0.717, 1.165) is 5.56 Å². The molecular weight excluding hydrogens is 217 g/mol. The average molecular weight is 231 g/mol. The first-order valence-electron chi connectivity index (χ1n) is 5.44. The highest BCUT2D eigenvalue weighted by molar-refractivity contribution is 5.53. The van der Waals surface area contributed by atoms with Gasteiger partial charge >= 0.3 is 0 Å². The Balaban J connectivity index is 2.22. The number of anilines is 1. The summed E-state index contributed by atoms with van der Waals surface area (Å²) in [5.41, 5.74) is 6.98. The normalized spacial score (nSPS) is 12.1. The van der Waals surface area contributed by atoms with Crippen LogP contribution in [0.5, 0.6) is 5.75 Å². The van der Waals surface area contributed by atoms with Gasteiger partial charge in [0.25, 0.3) is 0 Å². The van der Waals surface area contributed by atoms with Crippen molar-refractivity contribution in [2.24, 2.45) is 0 Å². The van der Waals surface area contributed by atoms with Gasteiger partial charge in [-0.1, -0.05) is 36.4 Å². The number of rotatable bonds is 3. The summed E-state index contributed by atoms with van der Waals surface area (Å²) >= 11 is 0. The van der Waals surface area contributed by atoms with Crippen molar-refractivity contribution in [3.63, 3.8) is 0 Å². The van der Waals surface area contributed by atoms with Gasteiger partial charge in [-0.3, -0.25) is 0 Å². The molecule has 0 aliphatic carbocycles. The van der Waals surface area contributed by atoms with E-state index in [0.29, 0.717) is 5.69 Å². The second kappa shape index (κ2) is 4.87. The van der Waals surface area contributed by atoms with E-state index >= 15 is 0 Å². The number of nitrogens with two attached hydrogens (primary N) is 1. The minimum atomic E-state index is -0.437. The van der Waals surface area contributed by atoms with Crippen molar-refractivity contribution >= 4 is 5.69 Å². The van der Waals surface area contributed by atoms with Gasteiger partial charge in [0, 0.05) is 0 Å². The van der Waals surface area contributed by atoms with E-state index in [1.165, 1.54) is 6.07 Å². The summed E-state index contributed by atoms with van der Waals surface area (Å²) in [4.78, 5) is 0. The van der Waals surface area contributed by atoms with Crippen LogP contribution in [0.15, 0.2) is 48.5 Å². The molecule has 2 aromatic rings. The molecule has 88 valence electrons. The lowest BCUT2D eigenvalue weighted by Crippen LogP contribution is -2.06. The van der Waals surface area contributed by atoms with Gasteiger partial charge in [0.15, 0.2) is 11.6 Å². The molecule has 0 aliphatic rings. The van der Waals surface area contributed by atoms with Crippen LogP contribution in [0.1, 0.15) is 18.6 Å². The summed E-state index contributed by atoms with van der Waals surface area (Å²) in [7, 11) is 0. The average Bonchev–Trinajstić information content (AvgIpc) is 2.35. The zero-order chi connectivity index (χ0) is 12.3. The van der Waals surface area contributed by atoms with Gasteiger partial charge in [-0.15, -0.1) is 0 Å². The highest BCUT2D eigenvalue weighted by atomic mass is 19.1. The Labute approximate surface area is 99.8 Å². The maximum Gasteiger partial charge on any atom is 0.178 e. The van der Waals surface area contributed by atoms with E-state index in [4.69, 9.17) is 10.5 Å². The molecule has 2 aromatic carbocycles. The number of benzene rings is 2. The third kappa shape index (κ3) is 2.56. The second-order valence-electron chi connectivity index (χ2n) is 3.83. The largest absolute Gasteiger partial charge is 0.481 e. The Morgan fingerprint density at radius 3 is 2.41 bits per heavy atom. The second-order valence-corrected chi connectivity index (χ2v) is 3.83. The molecule has 1 unspecified atom stereocenters. The summed E-state index contributed by atoms with van der Waals surface area (Å²) in [6, 6.07) is 14.1. The first-order valence-corrected chi connectivity index (χ1v) is 5.44. The molecule has 0 aromatic heterocycles. The van der Waals surface area contributed by atoms with Crippen LogP contribution >= 0.6 is 0 Å². The fourth-order valence-electron chi connectivity index (χ4n) is 1.62. The first kappa shape index (κ1) is 11.5. The molecule has 0 spiro atoms. The smallest absolute Gasteiger partial charge is 0.178 e. The molecule has 0 saturated heterocycles. The minimum Gasteiger partial charge on any atom is -0.481 e. The Hall–Kier alpha value is -2.03. The summed E-state index contributed by atoms with van der Waals surface area (Å²) in [5, 5.41) is 0. The molecule has 2 rings (SSSR count). The van der Waals surface area contributed by atoms with Crippen molar-refractivity contribution in [3.8, 4) is 5.75 Å². The summed E-state index contributed by atoms with van der Waals surface area (Å²) in [5.74, 6) is -0.323. The van der Waals surface area contributed by atoms with E-state index < -0.39 is 5.82 Å². The van der Waals surface area contributed by atoms with Crippen LogP contribution in [-0.2, 0) is 0 Å². The number of hydrogen-bond acceptors (Lipinski definition) is 2. The van der Waals surface area contributed by atoms with Crippen molar-refractivity contribution in [1.29, 1.82) is 0 Å². The predicted octanol–water partition coefficient (Wildman–Crippen LogP) is 3.55. The monoisotopic (exact) mass is 231 g/mol. The summed E-state index contributed by atoms with van der Waals surface area (Å²) in [6.07, 6.45) is -0.240. The molecule has 1 atom stereocenters. The van der Waals surface area contributed by atoms with Crippen LogP contribution in [-0.4, -0.2) is 0 Å². The van der Waals surface area contributed by atoms with Crippen LogP contribution in [0.2, 0.25) is 0 Å². The molecule has 0 saturated carbocycles. The van der Waals surface area contributed by atoms with Crippen LogP contribution in [0.4, 0.5) is 10.1 Å². The van der Waals surface area contributed by atoms with E-state index in [-0.39, 0.29) is 11.9 Å². The third-order valence-electron chi connectivity index (χ3n) is 2.56. The van der Waals surface area contributed by atoms with E-state index in [9.17, 15) is 4.39 Å². The molecule has 0 amide bonds. The number of para-hydroxylation sites is 1. The maximum absolute atomic E-state index is 13.5. The van der Waals surface area contributed by atoms with Crippen molar-refractivity contribution in [3.05, 3.63) is 59.9 Å². The standard InChI is InChI=1S/C14H14FNO/c1-10(11-6-3-2-4-7-11)17-14-12(15)8-5-9-13(14)16/h2-10H,16H2,1H3. The number of nitrogen functional groups attached to an aromatic ring is 1. The van der Waals surface area contributed by atoms with Crippen LogP contribution in [0.25, 0.3) is 0 Å². The quantitative estimate of drug-likeness (QED) is 0.820. The van der Waals surface area contributed by atoms with Crippen molar-refractivity contribution < 1.29 is 9.13 Å². The first-order chi connectivity index (χ1) is 8.18. The number of ether oxygens (including phenoxy) is 1. The molecule has 0 fully saturated rings. The molecular formula is C14H14FNO. The SMILES string of the molecule is CC(Oc1c(N)cccc1F)c1ccccc1. The number of halogens is 1. The molecule has 0 heterocycles. The van der Waals surface area contributed by atoms with Gasteiger partial charge in [0.2, 0.25) is 0 Å². The maximum atomic E-state index is 13.5. The van der Waals surface area contributed by atoms with Crippen molar-refractivity contribution in [2.75, 3.05) is 5.73 Å². The fraction of sp³-hybridized carbons (Fsp3) is 0.143. The van der Waals surface area contributed by atoms with E-state index in [1.807, 2.05) is 37.3 Å². The van der Waals surface area contributed by atoms with Crippen LogP contribution in [0.3, 0.4) is 0 Å². The molecule has 17 heavy (non-hydrogen) atoms. The van der Waals surface area contributed by atoms with Gasteiger partial charge in [0.1, 0.15) is 6.10 Å². The zero-order valence-corrected chi connectivity index (χ0v) is 9.56. The lowest BCUT2D eigenvalue weighted by molar-refractivity contribution is 0.218. The zero-order valence-electron chi connectivity index (χ0n) is 9.56. The van der Waals surface area contributed by atoms with Crippen molar-refractivity contribution in [1.82, 2.24) is 0 Å². The van der Waals surface area contributed by atoms with Gasteiger partial charge in [-0.2, -0.15) is 0 Å². The molecule has 0 aliphatic heterocycles. The Morgan fingerprint density at radius 1 is 1.06 bits per heavy atom. The molecule has 0 bridgehead atoms. The lowest BCUT2D eigenvalue weighted by atomic mass is 10.1. The molecule has 2 N–H and O–H groups in total. The highest BCUT2D eigenvalue weighted by Gasteiger charge is 2.12. The molecule has 0 radical (unpaired) electrons. The molecule has 2 nitrogen and oxygen atoms in total. The predicted molar refractivity (Wildman–Crippen MR) is 66.3 cm³/mol. The third-order valence-corrected chi connectivity index (χ3v) is 2.56. The fourth-order valence-corrected chi connectivity index (χ4v) is 1.62. The van der Waals surface area contributed by atoms with Gasteiger partial charge in [-0.05, 0) is 24.6 Å². The molecule has 3 heteroatoms. The summed E-state index contributed by atoms with van der Waals surface area (Å²) < 4.78 is 19.1. The van der Waals surface area contributed by atoms with E-state index in [1.54, 1.807) is 12.1 Å². The number of hydrogen-bond donors (Lipinski definition) is 1. The van der Waals surface area contributed by atoms with Gasteiger partial charge in [-0.25, -0.2) is 4.39 Å². The topological polar surface area (TPSA) is 35.2 Å².